The molecule has 1 heterocycles. The molecule has 4 aromatic carbocycles. The van der Waals surface area contributed by atoms with E-state index in [1.807, 2.05) is 12.1 Å². The quantitative estimate of drug-likeness (QED) is 0.256. The summed E-state index contributed by atoms with van der Waals surface area (Å²) >= 11 is 0. The topological polar surface area (TPSA) is 67.9 Å². The third-order valence-corrected chi connectivity index (χ3v) is 11.1. The SMILES string of the molecule is COC(=O)CN[P+]1([O-])N(Cc2cccc3ccccc23)[C@@H]2CCCC[C@H]2N1Cc1cccc2ccccc12. The second-order valence-corrected chi connectivity index (χ2v) is 12.8. The van der Waals surface area contributed by atoms with E-state index in [4.69, 9.17) is 4.74 Å². The molecule has 6 nitrogen and oxygen atoms in total. The van der Waals surface area contributed by atoms with Crippen LogP contribution in [-0.4, -0.2) is 41.0 Å². The predicted molar refractivity (Wildman–Crippen MR) is 152 cm³/mol. The first-order valence-electron chi connectivity index (χ1n) is 13.5. The third-order valence-electron chi connectivity index (χ3n) is 8.24. The molecule has 1 aliphatic heterocycles. The number of nitrogens with zero attached hydrogens (tertiary/aromatic N) is 2. The first-order valence-corrected chi connectivity index (χ1v) is 15.1. The van der Waals surface area contributed by atoms with Crippen LogP contribution >= 0.6 is 7.94 Å². The Hall–Kier alpha value is -2.86. The summed E-state index contributed by atoms with van der Waals surface area (Å²) < 4.78 is 9.31. The summed E-state index contributed by atoms with van der Waals surface area (Å²) in [5.41, 5.74) is 2.30. The summed E-state index contributed by atoms with van der Waals surface area (Å²) in [5.74, 6) is -0.412. The van der Waals surface area contributed by atoms with Crippen LogP contribution in [0.3, 0.4) is 0 Å². The average Bonchev–Trinajstić information content (AvgIpc) is 3.19. The lowest BCUT2D eigenvalue weighted by Crippen LogP contribution is -2.45. The highest BCUT2D eigenvalue weighted by Gasteiger charge is 2.59. The van der Waals surface area contributed by atoms with Crippen LogP contribution in [-0.2, 0) is 22.6 Å². The second-order valence-electron chi connectivity index (χ2n) is 10.3. The molecule has 1 aliphatic carbocycles. The Morgan fingerprint density at radius 2 is 1.29 bits per heavy atom. The van der Waals surface area contributed by atoms with E-state index in [9.17, 15) is 4.79 Å². The van der Waals surface area contributed by atoms with Gasteiger partial charge in [0, 0.05) is 0 Å². The first-order chi connectivity index (χ1) is 18.6. The van der Waals surface area contributed by atoms with Crippen molar-refractivity contribution in [2.45, 2.75) is 50.9 Å². The van der Waals surface area contributed by atoms with Crippen molar-refractivity contribution in [2.75, 3.05) is 13.7 Å². The number of carbonyl (C=O) groups is 1. The van der Waals surface area contributed by atoms with Crippen LogP contribution in [0.25, 0.3) is 21.5 Å². The molecular formula is C31H34N3O3P. The van der Waals surface area contributed by atoms with Gasteiger partial charge in [0.05, 0.1) is 32.3 Å². The molecule has 1 saturated heterocycles. The molecule has 4 aromatic rings. The summed E-state index contributed by atoms with van der Waals surface area (Å²) in [6, 6.07) is 29.7. The number of benzene rings is 4. The fraction of sp³-hybridized carbons (Fsp3) is 0.323. The minimum atomic E-state index is -3.33. The summed E-state index contributed by atoms with van der Waals surface area (Å²) in [6.07, 6.45) is 4.22. The smallest absolute Gasteiger partial charge is 0.323 e. The third kappa shape index (κ3) is 4.61. The summed E-state index contributed by atoms with van der Waals surface area (Å²) in [4.78, 5) is 27.5. The highest BCUT2D eigenvalue weighted by molar-refractivity contribution is 7.62. The standard InChI is InChI=1S/C31H34N3O3P/c1-37-31(35)20-32-38(36)33(21-25-14-8-12-23-10-2-4-16-27(23)25)29-18-6-7-19-30(29)34(38)22-26-15-9-13-24-11-3-5-17-28(24)26/h2-5,8-17,29-30H,6-7,18-22H2,1H3,(H,32,36)/t29-,30-/m1/s1. The molecule has 1 saturated carbocycles. The summed E-state index contributed by atoms with van der Waals surface area (Å²) in [7, 11) is -1.96. The van der Waals surface area contributed by atoms with Gasteiger partial charge < -0.3 is 9.63 Å². The van der Waals surface area contributed by atoms with Gasteiger partial charge in [-0.1, -0.05) is 97.8 Å². The lowest BCUT2D eigenvalue weighted by molar-refractivity contribution is -0.196. The lowest BCUT2D eigenvalue weighted by Gasteiger charge is -2.40. The van der Waals surface area contributed by atoms with Gasteiger partial charge in [0.25, 0.3) is 0 Å². The van der Waals surface area contributed by atoms with Gasteiger partial charge in [0.2, 0.25) is 0 Å². The maximum absolute atomic E-state index is 15.3. The second kappa shape index (κ2) is 10.7. The molecule has 2 fully saturated rings. The van der Waals surface area contributed by atoms with Crippen LogP contribution in [0.5, 0.6) is 0 Å². The van der Waals surface area contributed by atoms with Gasteiger partial charge in [-0.2, -0.15) is 5.09 Å². The summed E-state index contributed by atoms with van der Waals surface area (Å²) in [5, 5.41) is 7.94. The minimum absolute atomic E-state index is 0.0920. The van der Waals surface area contributed by atoms with E-state index in [2.05, 4.69) is 87.2 Å². The van der Waals surface area contributed by atoms with E-state index >= 15 is 4.89 Å². The molecule has 0 spiro atoms. The van der Waals surface area contributed by atoms with Gasteiger partial charge in [-0.3, -0.25) is 4.79 Å². The molecule has 0 aromatic heterocycles. The van der Waals surface area contributed by atoms with E-state index in [-0.39, 0.29) is 18.6 Å². The first kappa shape index (κ1) is 25.4. The van der Waals surface area contributed by atoms with Gasteiger partial charge in [-0.25, -0.2) is 0 Å². The zero-order valence-corrected chi connectivity index (χ0v) is 22.6. The Bertz CT molecular complexity index is 1350. The molecule has 196 valence electrons. The molecule has 0 unspecified atom stereocenters. The largest absolute Gasteiger partial charge is 0.636 e. The Labute approximate surface area is 224 Å². The lowest BCUT2D eigenvalue weighted by atomic mass is 9.89. The maximum Gasteiger partial charge on any atom is 0.323 e. The number of rotatable bonds is 7. The van der Waals surface area contributed by atoms with E-state index in [1.54, 1.807) is 0 Å². The molecule has 38 heavy (non-hydrogen) atoms. The molecule has 0 radical (unpaired) electrons. The molecule has 7 heteroatoms. The van der Waals surface area contributed by atoms with Gasteiger partial charge in [0.15, 0.2) is 7.94 Å². The number of carbonyl (C=O) groups excluding carboxylic acids is 1. The van der Waals surface area contributed by atoms with Crippen LogP contribution in [0.2, 0.25) is 0 Å². The summed E-state index contributed by atoms with van der Waals surface area (Å²) in [6.45, 7) is 1.02. The van der Waals surface area contributed by atoms with E-state index in [0.717, 1.165) is 36.8 Å². The van der Waals surface area contributed by atoms with Gasteiger partial charge in [-0.05, 0) is 45.5 Å². The van der Waals surface area contributed by atoms with Crippen molar-refractivity contribution >= 4 is 35.5 Å². The van der Waals surface area contributed by atoms with Crippen molar-refractivity contribution in [1.82, 2.24) is 14.4 Å². The van der Waals surface area contributed by atoms with Gasteiger partial charge >= 0.3 is 5.97 Å². The van der Waals surface area contributed by atoms with E-state index < -0.39 is 13.9 Å². The number of esters is 1. The number of hydrogen-bond acceptors (Lipinski definition) is 6. The Morgan fingerprint density at radius 3 is 1.79 bits per heavy atom. The number of fused-ring (bicyclic) bond motifs is 3. The van der Waals surface area contributed by atoms with Crippen molar-refractivity contribution in [1.29, 1.82) is 0 Å². The maximum atomic E-state index is 15.3. The van der Waals surface area contributed by atoms with Gasteiger partial charge in [0.1, 0.15) is 6.54 Å². The minimum Gasteiger partial charge on any atom is -0.636 e. The zero-order valence-electron chi connectivity index (χ0n) is 21.8. The van der Waals surface area contributed by atoms with Crippen molar-refractivity contribution in [3.05, 3.63) is 96.1 Å². The van der Waals surface area contributed by atoms with Crippen molar-refractivity contribution in [2.24, 2.45) is 0 Å². The van der Waals surface area contributed by atoms with Crippen LogP contribution < -0.4 is 9.98 Å². The highest BCUT2D eigenvalue weighted by atomic mass is 31.2. The number of methoxy groups -OCH3 is 1. The van der Waals surface area contributed by atoms with Crippen LogP contribution in [0.1, 0.15) is 36.8 Å². The van der Waals surface area contributed by atoms with Crippen LogP contribution in [0.4, 0.5) is 0 Å². The van der Waals surface area contributed by atoms with Gasteiger partial charge in [-0.15, -0.1) is 9.34 Å². The van der Waals surface area contributed by atoms with Crippen molar-refractivity contribution in [3.63, 3.8) is 0 Å². The van der Waals surface area contributed by atoms with Crippen molar-refractivity contribution in [3.8, 4) is 0 Å². The van der Waals surface area contributed by atoms with Crippen molar-refractivity contribution < 1.29 is 14.4 Å². The molecular weight excluding hydrogens is 493 g/mol. The van der Waals surface area contributed by atoms with E-state index in [1.165, 1.54) is 28.7 Å². The molecule has 0 bridgehead atoms. The van der Waals surface area contributed by atoms with E-state index in [0.29, 0.717) is 13.1 Å². The Balaban J connectivity index is 1.43. The van der Waals surface area contributed by atoms with Crippen LogP contribution in [0.15, 0.2) is 84.9 Å². The zero-order chi connectivity index (χ0) is 26.1. The predicted octanol–water partition coefficient (Wildman–Crippen LogP) is 5.42. The molecule has 0 amide bonds. The molecule has 6 rings (SSSR count). The normalized spacial score (nSPS) is 21.5. The molecule has 1 N–H and O–H groups in total. The fourth-order valence-electron chi connectivity index (χ4n) is 6.39. The number of nitrogens with one attached hydrogen (secondary N) is 1. The molecule has 2 atom stereocenters. The average molecular weight is 528 g/mol. The highest BCUT2D eigenvalue weighted by Crippen LogP contribution is 2.65. The number of ether oxygens (including phenoxy) is 1. The number of hydrogen-bond donors (Lipinski definition) is 1. The Kier molecular flexibility index (Phi) is 7.17. The fourth-order valence-corrected chi connectivity index (χ4v) is 9.42. The van der Waals surface area contributed by atoms with Crippen LogP contribution in [0, 0.1) is 0 Å². The monoisotopic (exact) mass is 527 g/mol. The Morgan fingerprint density at radius 1 is 0.816 bits per heavy atom. The molecule has 2 aliphatic rings.